The lowest BCUT2D eigenvalue weighted by molar-refractivity contribution is -0.00226. The topological polar surface area (TPSA) is 36.9 Å². The Morgan fingerprint density at radius 2 is 1.05 bits per heavy atom. The smallest absolute Gasteiger partial charge is 0.394 e. The fraction of sp³-hybridized carbons (Fsp3) is 1.00. The number of hydrogen-bond acceptors (Lipinski definition) is 4. The van der Waals surface area contributed by atoms with E-state index in [4.69, 9.17) is 17.4 Å². The lowest BCUT2D eigenvalue weighted by atomic mass is 10.5. The van der Waals surface area contributed by atoms with Crippen molar-refractivity contribution in [2.45, 2.75) is 72.5 Å². The molecule has 0 rings (SSSR count). The van der Waals surface area contributed by atoms with E-state index in [0.29, 0.717) is 19.8 Å². The highest BCUT2D eigenvalue weighted by molar-refractivity contribution is 6.78. The molecule has 122 valence electrons. The molecule has 0 amide bonds. The van der Waals surface area contributed by atoms with E-state index in [-0.39, 0.29) is 0 Å². The molecule has 0 spiro atoms. The van der Waals surface area contributed by atoms with Crippen molar-refractivity contribution >= 4 is 17.4 Å². The minimum atomic E-state index is -2.97. The summed E-state index contributed by atoms with van der Waals surface area (Å²) < 4.78 is 24.3. The van der Waals surface area contributed by atoms with E-state index in [1.165, 1.54) is 0 Å². The van der Waals surface area contributed by atoms with Gasteiger partial charge >= 0.3 is 9.05 Å². The molecular formula is C14H34O4Si2. The monoisotopic (exact) mass is 322 g/mol. The molecule has 0 radical (unpaired) electrons. The van der Waals surface area contributed by atoms with Crippen molar-refractivity contribution < 1.29 is 17.4 Å². The van der Waals surface area contributed by atoms with E-state index in [2.05, 4.69) is 40.8 Å². The largest absolute Gasteiger partial charge is 0.669 e. The maximum Gasteiger partial charge on any atom is 0.669 e. The molecule has 0 fully saturated rings. The quantitative estimate of drug-likeness (QED) is 0.473. The fourth-order valence-corrected chi connectivity index (χ4v) is 8.53. The lowest BCUT2D eigenvalue weighted by Crippen LogP contribution is -2.56. The van der Waals surface area contributed by atoms with Gasteiger partial charge in [0.25, 0.3) is 0 Å². The molecule has 20 heavy (non-hydrogen) atoms. The summed E-state index contributed by atoms with van der Waals surface area (Å²) in [5.74, 6) is 0. The van der Waals surface area contributed by atoms with Crippen molar-refractivity contribution in [1.82, 2.24) is 0 Å². The summed E-state index contributed by atoms with van der Waals surface area (Å²) in [5, 5.41) is 0. The summed E-state index contributed by atoms with van der Waals surface area (Å²) in [6.07, 6.45) is 3.95. The standard InChI is InChI=1S/C14H34O4Si2/c1-7-11-15-20(16-12-8-2,17-13-9-3)18-19(5,6)14-10-4/h7-14H2,1-6H3. The molecule has 4 nitrogen and oxygen atoms in total. The highest BCUT2D eigenvalue weighted by atomic mass is 28.5. The molecule has 0 aromatic heterocycles. The van der Waals surface area contributed by atoms with E-state index in [0.717, 1.165) is 31.7 Å². The fourth-order valence-electron chi connectivity index (χ4n) is 1.89. The van der Waals surface area contributed by atoms with Gasteiger partial charge in [-0.25, -0.2) is 0 Å². The molecule has 0 unspecified atom stereocenters. The summed E-state index contributed by atoms with van der Waals surface area (Å²) in [6.45, 7) is 14.8. The van der Waals surface area contributed by atoms with Crippen LogP contribution >= 0.6 is 0 Å². The van der Waals surface area contributed by atoms with E-state index in [1.54, 1.807) is 0 Å². The Hall–Kier alpha value is 0.274. The third-order valence-corrected chi connectivity index (χ3v) is 9.29. The maximum absolute atomic E-state index is 6.38. The molecule has 6 heteroatoms. The first-order valence-electron chi connectivity index (χ1n) is 8.07. The van der Waals surface area contributed by atoms with E-state index < -0.39 is 17.4 Å². The first-order valence-corrected chi connectivity index (χ1v) is 12.8. The van der Waals surface area contributed by atoms with Gasteiger partial charge in [-0.15, -0.1) is 0 Å². The predicted octanol–water partition coefficient (Wildman–Crippen LogP) is 4.33. The SMILES string of the molecule is CCCO[Si](OCCC)(OCCC)O[Si](C)(C)CCC. The molecule has 0 atom stereocenters. The zero-order valence-corrected chi connectivity index (χ0v) is 16.3. The number of rotatable bonds is 13. The summed E-state index contributed by atoms with van der Waals surface area (Å²) >= 11 is 0. The van der Waals surface area contributed by atoms with Gasteiger partial charge in [-0.2, -0.15) is 0 Å². The maximum atomic E-state index is 6.38. The summed E-state index contributed by atoms with van der Waals surface area (Å²) in [5.41, 5.74) is 0. The average molecular weight is 323 g/mol. The zero-order valence-electron chi connectivity index (χ0n) is 14.3. The van der Waals surface area contributed by atoms with Crippen molar-refractivity contribution in [3.63, 3.8) is 0 Å². The van der Waals surface area contributed by atoms with Crippen LogP contribution in [0.2, 0.25) is 19.1 Å². The van der Waals surface area contributed by atoms with Crippen LogP contribution in [0.15, 0.2) is 0 Å². The normalized spacial score (nSPS) is 12.9. The Kier molecular flexibility index (Phi) is 11.1. The van der Waals surface area contributed by atoms with Gasteiger partial charge < -0.3 is 17.4 Å². The molecule has 0 aromatic rings. The lowest BCUT2D eigenvalue weighted by Gasteiger charge is -2.35. The second-order valence-electron chi connectivity index (χ2n) is 5.66. The molecule has 0 aliphatic rings. The van der Waals surface area contributed by atoms with Crippen molar-refractivity contribution in [2.75, 3.05) is 19.8 Å². The highest BCUT2D eigenvalue weighted by Gasteiger charge is 2.49. The van der Waals surface area contributed by atoms with Crippen LogP contribution in [0.5, 0.6) is 0 Å². The van der Waals surface area contributed by atoms with Crippen molar-refractivity contribution in [2.24, 2.45) is 0 Å². The van der Waals surface area contributed by atoms with E-state index in [1.807, 2.05) is 0 Å². The summed E-state index contributed by atoms with van der Waals surface area (Å²) in [7, 11) is -4.77. The molecule has 0 bridgehead atoms. The van der Waals surface area contributed by atoms with Gasteiger partial charge in [0, 0.05) is 19.8 Å². The second-order valence-corrected chi connectivity index (χ2v) is 12.4. The predicted molar refractivity (Wildman–Crippen MR) is 88.1 cm³/mol. The molecule has 0 saturated heterocycles. The molecule has 0 N–H and O–H groups in total. The Labute approximate surface area is 127 Å². The minimum Gasteiger partial charge on any atom is -0.394 e. The molecule has 0 saturated carbocycles. The minimum absolute atomic E-state index is 0.635. The Morgan fingerprint density at radius 3 is 1.35 bits per heavy atom. The molecule has 0 aliphatic heterocycles. The Balaban J connectivity index is 4.91. The molecule has 0 aromatic carbocycles. The van der Waals surface area contributed by atoms with Crippen LogP contribution in [0.25, 0.3) is 0 Å². The summed E-state index contributed by atoms with van der Waals surface area (Å²) in [6, 6.07) is 1.10. The van der Waals surface area contributed by atoms with Crippen molar-refractivity contribution in [1.29, 1.82) is 0 Å². The van der Waals surface area contributed by atoms with Crippen LogP contribution in [-0.4, -0.2) is 37.2 Å². The van der Waals surface area contributed by atoms with Crippen LogP contribution in [0.3, 0.4) is 0 Å². The first-order chi connectivity index (χ1) is 9.45. The average Bonchev–Trinajstić information content (AvgIpc) is 2.40. The van der Waals surface area contributed by atoms with Crippen LogP contribution < -0.4 is 0 Å². The van der Waals surface area contributed by atoms with Crippen LogP contribution in [0.4, 0.5) is 0 Å². The van der Waals surface area contributed by atoms with E-state index in [9.17, 15) is 0 Å². The van der Waals surface area contributed by atoms with Gasteiger partial charge in [0.1, 0.15) is 0 Å². The Morgan fingerprint density at radius 1 is 0.650 bits per heavy atom. The zero-order chi connectivity index (χ0) is 15.5. The molecule has 0 aliphatic carbocycles. The van der Waals surface area contributed by atoms with Gasteiger partial charge in [0.2, 0.25) is 0 Å². The van der Waals surface area contributed by atoms with Gasteiger partial charge in [0.05, 0.1) is 0 Å². The Bertz CT molecular complexity index is 215. The van der Waals surface area contributed by atoms with Gasteiger partial charge in [0.15, 0.2) is 8.32 Å². The van der Waals surface area contributed by atoms with Crippen LogP contribution in [-0.2, 0) is 17.4 Å². The van der Waals surface area contributed by atoms with Gasteiger partial charge in [-0.3, -0.25) is 0 Å². The summed E-state index contributed by atoms with van der Waals surface area (Å²) in [4.78, 5) is 0. The van der Waals surface area contributed by atoms with Crippen molar-refractivity contribution in [3.05, 3.63) is 0 Å². The van der Waals surface area contributed by atoms with Crippen LogP contribution in [0.1, 0.15) is 53.4 Å². The second kappa shape index (κ2) is 10.9. The van der Waals surface area contributed by atoms with Crippen LogP contribution in [0, 0.1) is 0 Å². The van der Waals surface area contributed by atoms with Gasteiger partial charge in [-0.05, 0) is 38.4 Å². The third-order valence-electron chi connectivity index (χ3n) is 2.70. The van der Waals surface area contributed by atoms with Crippen molar-refractivity contribution in [3.8, 4) is 0 Å². The van der Waals surface area contributed by atoms with Gasteiger partial charge in [-0.1, -0.05) is 34.1 Å². The third kappa shape index (κ3) is 8.54. The van der Waals surface area contributed by atoms with E-state index >= 15 is 0 Å². The molecule has 0 heterocycles. The highest BCUT2D eigenvalue weighted by Crippen LogP contribution is 2.23. The first kappa shape index (κ1) is 20.3. The molecular weight excluding hydrogens is 288 g/mol. The number of hydrogen-bond donors (Lipinski definition) is 0.